The van der Waals surface area contributed by atoms with Gasteiger partial charge in [-0.05, 0) is 63.8 Å². The predicted molar refractivity (Wildman–Crippen MR) is 165 cm³/mol. The molecule has 2 unspecified atom stereocenters. The fourth-order valence-electron chi connectivity index (χ4n) is 5.61. The topological polar surface area (TPSA) is 64.5 Å². The van der Waals surface area contributed by atoms with Gasteiger partial charge in [0.15, 0.2) is 0 Å². The van der Waals surface area contributed by atoms with E-state index in [1.54, 1.807) is 0 Å². The smallest absolute Gasteiger partial charge is 0.131 e. The second kappa shape index (κ2) is 11.7. The summed E-state index contributed by atoms with van der Waals surface area (Å²) >= 11 is 0. The van der Waals surface area contributed by atoms with Crippen LogP contribution < -0.4 is 10.6 Å². The van der Waals surface area contributed by atoms with Crippen LogP contribution in [0.2, 0.25) is 0 Å². The van der Waals surface area contributed by atoms with Crippen LogP contribution >= 0.6 is 0 Å². The molecular formula is C36H44N2O2. The Hall–Kier alpha value is -3.28. The average Bonchev–Trinajstić information content (AvgIpc) is 2.95. The Bertz CT molecular complexity index is 1140. The van der Waals surface area contributed by atoms with Gasteiger partial charge in [-0.15, -0.1) is 0 Å². The molecular weight excluding hydrogens is 492 g/mol. The SMILES string of the molecule is CC(C)(C)NC(C(NC(C)(C)C)C(O)(c1ccccc1)c1ccccc1)C(O)(c1ccccc1)c1ccccc1. The summed E-state index contributed by atoms with van der Waals surface area (Å²) in [5.41, 5.74) is -0.881. The summed E-state index contributed by atoms with van der Waals surface area (Å²) in [5, 5.41) is 34.0. The van der Waals surface area contributed by atoms with Crippen molar-refractivity contribution in [3.05, 3.63) is 144 Å². The molecule has 4 heteroatoms. The van der Waals surface area contributed by atoms with E-state index in [2.05, 4.69) is 52.2 Å². The maximum atomic E-state index is 13.2. The largest absolute Gasteiger partial charge is 0.379 e. The number of hydrogen-bond donors (Lipinski definition) is 4. The molecule has 40 heavy (non-hydrogen) atoms. The molecule has 4 N–H and O–H groups in total. The average molecular weight is 537 g/mol. The van der Waals surface area contributed by atoms with Crippen molar-refractivity contribution in [1.29, 1.82) is 0 Å². The van der Waals surface area contributed by atoms with Gasteiger partial charge in [-0.2, -0.15) is 0 Å². The van der Waals surface area contributed by atoms with E-state index in [0.29, 0.717) is 0 Å². The highest BCUT2D eigenvalue weighted by atomic mass is 16.3. The molecule has 4 rings (SSSR count). The Morgan fingerprint density at radius 1 is 0.400 bits per heavy atom. The zero-order chi connectivity index (χ0) is 29.0. The quantitative estimate of drug-likeness (QED) is 0.201. The van der Waals surface area contributed by atoms with E-state index >= 15 is 0 Å². The molecule has 0 aliphatic heterocycles. The van der Waals surface area contributed by atoms with Crippen molar-refractivity contribution in [2.75, 3.05) is 0 Å². The van der Waals surface area contributed by atoms with Crippen LogP contribution in [0, 0.1) is 0 Å². The molecule has 0 bridgehead atoms. The molecule has 0 saturated carbocycles. The highest BCUT2D eigenvalue weighted by Crippen LogP contribution is 2.43. The molecule has 0 spiro atoms. The van der Waals surface area contributed by atoms with E-state index < -0.39 is 34.4 Å². The van der Waals surface area contributed by atoms with Gasteiger partial charge in [-0.1, -0.05) is 121 Å². The molecule has 0 saturated heterocycles. The number of benzene rings is 4. The molecule has 4 aromatic rings. The van der Waals surface area contributed by atoms with E-state index in [1.807, 2.05) is 121 Å². The Morgan fingerprint density at radius 2 is 0.600 bits per heavy atom. The molecule has 0 amide bonds. The molecule has 4 aromatic carbocycles. The Morgan fingerprint density at radius 3 is 0.775 bits per heavy atom. The van der Waals surface area contributed by atoms with Crippen molar-refractivity contribution >= 4 is 0 Å². The standard InChI is InChI=1S/C36H44N2O2/c1-33(2,3)37-31(35(39,27-19-11-7-12-20-27)28-21-13-8-14-22-28)32(38-34(4,5)6)36(40,29-23-15-9-16-24-29)30-25-17-10-18-26-30/h7-26,31-32,37-40H,1-6H3. The van der Waals surface area contributed by atoms with Gasteiger partial charge in [0, 0.05) is 11.1 Å². The van der Waals surface area contributed by atoms with Crippen LogP contribution in [0.1, 0.15) is 63.8 Å². The monoisotopic (exact) mass is 536 g/mol. The number of hydrogen-bond acceptors (Lipinski definition) is 4. The molecule has 0 aliphatic carbocycles. The fraction of sp³-hybridized carbons (Fsp3) is 0.333. The van der Waals surface area contributed by atoms with Crippen LogP contribution in [0.3, 0.4) is 0 Å². The van der Waals surface area contributed by atoms with E-state index in [0.717, 1.165) is 22.3 Å². The number of rotatable bonds is 9. The van der Waals surface area contributed by atoms with Gasteiger partial charge in [0.1, 0.15) is 11.2 Å². The zero-order valence-corrected chi connectivity index (χ0v) is 24.6. The Labute approximate surface area is 240 Å². The third kappa shape index (κ3) is 6.37. The van der Waals surface area contributed by atoms with Gasteiger partial charge in [-0.25, -0.2) is 0 Å². The maximum absolute atomic E-state index is 13.2. The first-order valence-corrected chi connectivity index (χ1v) is 14.1. The first-order valence-electron chi connectivity index (χ1n) is 14.1. The summed E-state index contributed by atoms with van der Waals surface area (Å²) in [6.07, 6.45) is 0. The lowest BCUT2D eigenvalue weighted by atomic mass is 9.68. The third-order valence-corrected chi connectivity index (χ3v) is 7.27. The van der Waals surface area contributed by atoms with E-state index in [4.69, 9.17) is 0 Å². The minimum absolute atomic E-state index is 0.408. The predicted octanol–water partition coefficient (Wildman–Crippen LogP) is 6.37. The molecule has 0 aromatic heterocycles. The van der Waals surface area contributed by atoms with E-state index in [1.165, 1.54) is 0 Å². The van der Waals surface area contributed by atoms with Crippen molar-refractivity contribution in [3.8, 4) is 0 Å². The van der Waals surface area contributed by atoms with Crippen LogP contribution in [0.5, 0.6) is 0 Å². The summed E-state index contributed by atoms with van der Waals surface area (Å²) in [6.45, 7) is 12.6. The van der Waals surface area contributed by atoms with Gasteiger partial charge in [-0.3, -0.25) is 0 Å². The van der Waals surface area contributed by atoms with Crippen LogP contribution in [-0.2, 0) is 11.2 Å². The summed E-state index contributed by atoms with van der Waals surface area (Å²) in [6, 6.07) is 37.7. The van der Waals surface area contributed by atoms with Crippen LogP contribution in [-0.4, -0.2) is 33.4 Å². The van der Waals surface area contributed by atoms with Crippen molar-refractivity contribution in [1.82, 2.24) is 10.6 Å². The summed E-state index contributed by atoms with van der Waals surface area (Å²) in [5.74, 6) is 0. The van der Waals surface area contributed by atoms with Crippen LogP contribution in [0.25, 0.3) is 0 Å². The molecule has 4 nitrogen and oxygen atoms in total. The Kier molecular flexibility index (Phi) is 8.67. The van der Waals surface area contributed by atoms with E-state index in [9.17, 15) is 10.2 Å². The second-order valence-corrected chi connectivity index (χ2v) is 12.7. The van der Waals surface area contributed by atoms with Gasteiger partial charge < -0.3 is 20.8 Å². The van der Waals surface area contributed by atoms with Gasteiger partial charge in [0.05, 0.1) is 12.1 Å². The number of aliphatic hydroxyl groups is 2. The molecule has 0 aliphatic rings. The summed E-state index contributed by atoms with van der Waals surface area (Å²) in [7, 11) is 0. The molecule has 210 valence electrons. The highest BCUT2D eigenvalue weighted by Gasteiger charge is 2.54. The third-order valence-electron chi connectivity index (χ3n) is 7.27. The number of nitrogens with one attached hydrogen (secondary N) is 2. The lowest BCUT2D eigenvalue weighted by molar-refractivity contribution is -0.0544. The first kappa shape index (κ1) is 29.7. The maximum Gasteiger partial charge on any atom is 0.131 e. The van der Waals surface area contributed by atoms with E-state index in [-0.39, 0.29) is 0 Å². The lowest BCUT2D eigenvalue weighted by Gasteiger charge is -2.52. The van der Waals surface area contributed by atoms with Gasteiger partial charge >= 0.3 is 0 Å². The lowest BCUT2D eigenvalue weighted by Crippen LogP contribution is -2.71. The van der Waals surface area contributed by atoms with Crippen molar-refractivity contribution in [2.24, 2.45) is 0 Å². The minimum Gasteiger partial charge on any atom is -0.379 e. The van der Waals surface area contributed by atoms with Crippen LogP contribution in [0.4, 0.5) is 0 Å². The fourth-order valence-corrected chi connectivity index (χ4v) is 5.61. The highest BCUT2D eigenvalue weighted by molar-refractivity contribution is 5.44. The summed E-state index contributed by atoms with van der Waals surface area (Å²) < 4.78 is 0. The van der Waals surface area contributed by atoms with Gasteiger partial charge in [0.25, 0.3) is 0 Å². The summed E-state index contributed by atoms with van der Waals surface area (Å²) in [4.78, 5) is 0. The van der Waals surface area contributed by atoms with Crippen molar-refractivity contribution in [2.45, 2.75) is 75.9 Å². The first-order chi connectivity index (χ1) is 18.9. The molecule has 0 heterocycles. The van der Waals surface area contributed by atoms with Gasteiger partial charge in [0.2, 0.25) is 0 Å². The van der Waals surface area contributed by atoms with Crippen molar-refractivity contribution in [3.63, 3.8) is 0 Å². The minimum atomic E-state index is -1.52. The molecule has 0 fully saturated rings. The molecule has 2 atom stereocenters. The zero-order valence-electron chi connectivity index (χ0n) is 24.6. The molecule has 0 radical (unpaired) electrons. The Balaban J connectivity index is 2.10. The second-order valence-electron chi connectivity index (χ2n) is 12.7. The van der Waals surface area contributed by atoms with Crippen molar-refractivity contribution < 1.29 is 10.2 Å². The normalized spacial score (nSPS) is 14.5. The van der Waals surface area contributed by atoms with Crippen LogP contribution in [0.15, 0.2) is 121 Å².